The molecule has 0 fully saturated rings. The fourth-order valence-electron chi connectivity index (χ4n) is 0.773. The van der Waals surface area contributed by atoms with Crippen LogP contribution in [0.5, 0.6) is 0 Å². The molecule has 0 saturated heterocycles. The highest BCUT2D eigenvalue weighted by atomic mass is 19.3. The summed E-state index contributed by atoms with van der Waals surface area (Å²) < 4.78 is 32.4. The second kappa shape index (κ2) is 5.35. The van der Waals surface area contributed by atoms with Crippen molar-refractivity contribution in [3.05, 3.63) is 11.8 Å². The molecule has 0 radical (unpaired) electrons. The van der Waals surface area contributed by atoms with E-state index in [4.69, 9.17) is 5.11 Å². The van der Waals surface area contributed by atoms with Crippen molar-refractivity contribution in [1.29, 1.82) is 0 Å². The number of hydrogen-bond donors (Lipinski definition) is 1. The van der Waals surface area contributed by atoms with Crippen molar-refractivity contribution in [1.82, 2.24) is 10.2 Å². The van der Waals surface area contributed by atoms with Crippen LogP contribution in [0.1, 0.15) is 16.6 Å². The monoisotopic (exact) mass is 222 g/mol. The molecule has 84 valence electrons. The van der Waals surface area contributed by atoms with Crippen molar-refractivity contribution >= 4 is 5.97 Å². The molecule has 8 heteroatoms. The molecule has 0 aliphatic rings. The Hall–Kier alpha value is -1.57. The van der Waals surface area contributed by atoms with Crippen LogP contribution < -0.4 is 0 Å². The molecule has 6 nitrogen and oxygen atoms in total. The topological polar surface area (TPSA) is 85.5 Å². The zero-order chi connectivity index (χ0) is 11.3. The summed E-state index contributed by atoms with van der Waals surface area (Å²) >= 11 is 0. The largest absolute Gasteiger partial charge is 0.474 e. The van der Waals surface area contributed by atoms with Crippen molar-refractivity contribution in [2.75, 3.05) is 13.2 Å². The number of rotatable bonds is 6. The first-order chi connectivity index (χ1) is 7.09. The molecule has 1 aromatic rings. The minimum absolute atomic E-state index is 0.0222. The standard InChI is InChI=1S/C7H8F2N2O4/c8-4(9)3-14-2-1-5-10-11-6(15-5)7(12)13/h4H,1-3H2,(H,12,13). The van der Waals surface area contributed by atoms with Gasteiger partial charge in [0.2, 0.25) is 5.89 Å². The molecule has 1 aromatic heterocycles. The average molecular weight is 222 g/mol. The van der Waals surface area contributed by atoms with Gasteiger partial charge in [-0.25, -0.2) is 13.6 Å². The second-order valence-corrected chi connectivity index (χ2v) is 2.52. The summed E-state index contributed by atoms with van der Waals surface area (Å²) in [5.41, 5.74) is 0. The molecule has 0 aromatic carbocycles. The summed E-state index contributed by atoms with van der Waals surface area (Å²) in [7, 11) is 0. The predicted octanol–water partition coefficient (Wildman–Crippen LogP) is 0.592. The fraction of sp³-hybridized carbons (Fsp3) is 0.571. The normalized spacial score (nSPS) is 10.9. The lowest BCUT2D eigenvalue weighted by Gasteiger charge is -1.99. The first-order valence-electron chi connectivity index (χ1n) is 4.01. The van der Waals surface area contributed by atoms with Crippen molar-refractivity contribution in [3.63, 3.8) is 0 Å². The minimum Gasteiger partial charge on any atom is -0.474 e. The van der Waals surface area contributed by atoms with E-state index >= 15 is 0 Å². The molecule has 1 rings (SSSR count). The third-order valence-corrected chi connectivity index (χ3v) is 1.35. The van der Waals surface area contributed by atoms with E-state index in [9.17, 15) is 13.6 Å². The summed E-state index contributed by atoms with van der Waals surface area (Å²) in [6, 6.07) is 0. The Morgan fingerprint density at radius 2 is 2.27 bits per heavy atom. The van der Waals surface area contributed by atoms with Crippen LogP contribution in [-0.4, -0.2) is 40.9 Å². The second-order valence-electron chi connectivity index (χ2n) is 2.52. The van der Waals surface area contributed by atoms with E-state index in [0.29, 0.717) is 0 Å². The smallest absolute Gasteiger partial charge is 0.393 e. The van der Waals surface area contributed by atoms with Crippen LogP contribution in [0, 0.1) is 0 Å². The van der Waals surface area contributed by atoms with Crippen LogP contribution in [0.3, 0.4) is 0 Å². The Balaban J connectivity index is 2.29. The summed E-state index contributed by atoms with van der Waals surface area (Å²) in [6.07, 6.45) is -2.42. The van der Waals surface area contributed by atoms with Crippen LogP contribution >= 0.6 is 0 Å². The molecule has 0 saturated carbocycles. The molecule has 0 unspecified atom stereocenters. The number of aromatic nitrogens is 2. The number of halogens is 2. The number of carboxylic acid groups (broad SMARTS) is 1. The van der Waals surface area contributed by atoms with Crippen molar-refractivity contribution in [2.45, 2.75) is 12.8 Å². The van der Waals surface area contributed by atoms with Gasteiger partial charge in [0.05, 0.1) is 6.61 Å². The molecule has 1 heterocycles. The summed E-state index contributed by atoms with van der Waals surface area (Å²) in [5, 5.41) is 15.0. The van der Waals surface area contributed by atoms with Crippen LogP contribution in [0.2, 0.25) is 0 Å². The predicted molar refractivity (Wildman–Crippen MR) is 41.8 cm³/mol. The minimum atomic E-state index is -2.53. The number of nitrogens with zero attached hydrogens (tertiary/aromatic N) is 2. The molecule has 0 aliphatic heterocycles. The van der Waals surface area contributed by atoms with E-state index in [-0.39, 0.29) is 18.9 Å². The highest BCUT2D eigenvalue weighted by Gasteiger charge is 2.12. The molecule has 0 bridgehead atoms. The van der Waals surface area contributed by atoms with E-state index in [1.807, 2.05) is 0 Å². The van der Waals surface area contributed by atoms with Gasteiger partial charge in [-0.3, -0.25) is 0 Å². The van der Waals surface area contributed by atoms with Gasteiger partial charge in [-0.2, -0.15) is 0 Å². The Morgan fingerprint density at radius 1 is 1.53 bits per heavy atom. The van der Waals surface area contributed by atoms with Gasteiger partial charge in [-0.1, -0.05) is 0 Å². The number of carbonyl (C=O) groups is 1. The van der Waals surface area contributed by atoms with Crippen molar-refractivity contribution in [3.8, 4) is 0 Å². The number of alkyl halides is 2. The van der Waals surface area contributed by atoms with Crippen LogP contribution in [0.15, 0.2) is 4.42 Å². The number of aromatic carboxylic acids is 1. The fourth-order valence-corrected chi connectivity index (χ4v) is 0.773. The van der Waals surface area contributed by atoms with Crippen molar-refractivity contribution in [2.24, 2.45) is 0 Å². The Labute approximate surface area is 82.9 Å². The molecule has 0 aliphatic carbocycles. The molecule has 0 spiro atoms. The van der Waals surface area contributed by atoms with E-state index < -0.39 is 24.9 Å². The first kappa shape index (κ1) is 11.5. The van der Waals surface area contributed by atoms with E-state index in [2.05, 4.69) is 19.4 Å². The summed E-state index contributed by atoms with van der Waals surface area (Å²) in [5.74, 6) is -1.82. The molecular formula is C7H8F2N2O4. The lowest BCUT2D eigenvalue weighted by Crippen LogP contribution is -2.07. The Bertz CT molecular complexity index is 329. The maximum atomic E-state index is 11.6. The van der Waals surface area contributed by atoms with E-state index in [0.717, 1.165) is 0 Å². The van der Waals surface area contributed by atoms with E-state index in [1.165, 1.54) is 0 Å². The molecule has 1 N–H and O–H groups in total. The maximum Gasteiger partial charge on any atom is 0.393 e. The lowest BCUT2D eigenvalue weighted by molar-refractivity contribution is 0.0173. The van der Waals surface area contributed by atoms with Crippen LogP contribution in [0.25, 0.3) is 0 Å². The first-order valence-corrected chi connectivity index (χ1v) is 4.01. The van der Waals surface area contributed by atoms with E-state index in [1.54, 1.807) is 0 Å². The van der Waals surface area contributed by atoms with Gasteiger partial charge in [-0.05, 0) is 0 Å². The third-order valence-electron chi connectivity index (χ3n) is 1.35. The SMILES string of the molecule is O=C(O)c1nnc(CCOCC(F)F)o1. The highest BCUT2D eigenvalue weighted by molar-refractivity contribution is 5.81. The zero-order valence-electron chi connectivity index (χ0n) is 7.52. The van der Waals surface area contributed by atoms with Gasteiger partial charge in [0.15, 0.2) is 0 Å². The van der Waals surface area contributed by atoms with Gasteiger partial charge >= 0.3 is 11.9 Å². The number of carboxylic acids is 1. The van der Waals surface area contributed by atoms with Crippen LogP contribution in [-0.2, 0) is 11.2 Å². The van der Waals surface area contributed by atoms with Crippen LogP contribution in [0.4, 0.5) is 8.78 Å². The Kier molecular flexibility index (Phi) is 4.10. The Morgan fingerprint density at radius 3 is 2.80 bits per heavy atom. The molecule has 0 amide bonds. The van der Waals surface area contributed by atoms with Crippen molar-refractivity contribution < 1.29 is 27.8 Å². The molecule has 0 atom stereocenters. The lowest BCUT2D eigenvalue weighted by atomic mass is 10.4. The zero-order valence-corrected chi connectivity index (χ0v) is 7.52. The number of ether oxygens (including phenoxy) is 1. The summed E-state index contributed by atoms with van der Waals surface area (Å²) in [4.78, 5) is 10.3. The third kappa shape index (κ3) is 3.98. The van der Waals surface area contributed by atoms with Gasteiger partial charge in [0, 0.05) is 6.42 Å². The summed E-state index contributed by atoms with van der Waals surface area (Å²) in [6.45, 7) is -0.689. The van der Waals surface area contributed by atoms with Gasteiger partial charge < -0.3 is 14.3 Å². The van der Waals surface area contributed by atoms with Gasteiger partial charge in [0.1, 0.15) is 6.61 Å². The number of hydrogen-bond acceptors (Lipinski definition) is 5. The van der Waals surface area contributed by atoms with Gasteiger partial charge in [0.25, 0.3) is 6.43 Å². The molecular weight excluding hydrogens is 214 g/mol. The molecule has 15 heavy (non-hydrogen) atoms. The maximum absolute atomic E-state index is 11.6. The highest BCUT2D eigenvalue weighted by Crippen LogP contribution is 2.01. The quantitative estimate of drug-likeness (QED) is 0.709. The van der Waals surface area contributed by atoms with Gasteiger partial charge in [-0.15, -0.1) is 10.2 Å². The average Bonchev–Trinajstić information content (AvgIpc) is 2.60.